The van der Waals surface area contributed by atoms with Crippen LogP contribution in [0.3, 0.4) is 0 Å². The Balaban J connectivity index is 0.00000320. The molecular formula is C22H38ClIN6. The molecule has 3 unspecified atom stereocenters. The summed E-state index contributed by atoms with van der Waals surface area (Å²) in [6, 6.07) is 4.13. The summed E-state index contributed by atoms with van der Waals surface area (Å²) in [4.78, 5) is 13.7. The molecule has 1 aromatic heterocycles. The van der Waals surface area contributed by atoms with E-state index in [9.17, 15) is 0 Å². The molecule has 2 saturated heterocycles. The number of hydrogen-bond acceptors (Lipinski definition) is 4. The minimum atomic E-state index is 0. The first-order valence-corrected chi connectivity index (χ1v) is 11.5. The van der Waals surface area contributed by atoms with E-state index in [4.69, 9.17) is 11.6 Å². The number of unbranched alkanes of at least 4 members (excludes halogenated alkanes) is 1. The highest BCUT2D eigenvalue weighted by Gasteiger charge is 2.25. The average molecular weight is 549 g/mol. The van der Waals surface area contributed by atoms with Crippen molar-refractivity contribution < 1.29 is 0 Å². The number of hydrogen-bond donors (Lipinski definition) is 2. The molecule has 2 fully saturated rings. The molecule has 0 aromatic carbocycles. The lowest BCUT2D eigenvalue weighted by Crippen LogP contribution is -2.45. The molecule has 0 bridgehead atoms. The molecule has 0 saturated carbocycles. The first-order valence-electron chi connectivity index (χ1n) is 11.1. The van der Waals surface area contributed by atoms with E-state index in [0.29, 0.717) is 11.1 Å². The molecule has 0 amide bonds. The number of nitrogens with zero attached hydrogens (tertiary/aromatic N) is 4. The molecule has 2 aliphatic rings. The normalized spacial score (nSPS) is 25.1. The van der Waals surface area contributed by atoms with Gasteiger partial charge in [-0.2, -0.15) is 0 Å². The molecule has 0 spiro atoms. The molecule has 0 aliphatic carbocycles. The number of halogens is 2. The number of anilines is 1. The van der Waals surface area contributed by atoms with Gasteiger partial charge in [-0.3, -0.25) is 4.99 Å². The number of nitrogens with one attached hydrogen (secondary N) is 2. The molecule has 170 valence electrons. The SMILES string of the molecule is CN=C(NCCCCN1CC(C)CC(C)C1)NC1CCN(c2ncccc2Cl)C1.I. The van der Waals surface area contributed by atoms with Crippen LogP contribution >= 0.6 is 35.6 Å². The lowest BCUT2D eigenvalue weighted by atomic mass is 9.92. The fourth-order valence-electron chi connectivity index (χ4n) is 4.71. The number of rotatable bonds is 7. The maximum atomic E-state index is 6.29. The zero-order chi connectivity index (χ0) is 20.6. The van der Waals surface area contributed by atoms with Crippen LogP contribution in [-0.4, -0.2) is 68.2 Å². The Bertz CT molecular complexity index is 663. The highest BCUT2D eigenvalue weighted by molar-refractivity contribution is 14.0. The van der Waals surface area contributed by atoms with Crippen LogP contribution in [0.15, 0.2) is 23.3 Å². The van der Waals surface area contributed by atoms with Crippen molar-refractivity contribution in [1.29, 1.82) is 0 Å². The van der Waals surface area contributed by atoms with Gasteiger partial charge in [-0.15, -0.1) is 24.0 Å². The van der Waals surface area contributed by atoms with Crippen molar-refractivity contribution in [2.45, 2.75) is 45.6 Å². The first-order chi connectivity index (χ1) is 14.0. The summed E-state index contributed by atoms with van der Waals surface area (Å²) in [6.45, 7) is 11.3. The van der Waals surface area contributed by atoms with Crippen molar-refractivity contribution in [3.63, 3.8) is 0 Å². The maximum Gasteiger partial charge on any atom is 0.191 e. The third kappa shape index (κ3) is 7.71. The number of aromatic nitrogens is 1. The molecule has 30 heavy (non-hydrogen) atoms. The van der Waals surface area contributed by atoms with Crippen LogP contribution in [0.2, 0.25) is 5.02 Å². The van der Waals surface area contributed by atoms with Gasteiger partial charge in [-0.05, 0) is 56.2 Å². The van der Waals surface area contributed by atoms with E-state index < -0.39 is 0 Å². The van der Waals surface area contributed by atoms with Gasteiger partial charge in [0.15, 0.2) is 5.96 Å². The minimum absolute atomic E-state index is 0. The lowest BCUT2D eigenvalue weighted by molar-refractivity contribution is 0.139. The monoisotopic (exact) mass is 548 g/mol. The van der Waals surface area contributed by atoms with Crippen LogP contribution in [0.25, 0.3) is 0 Å². The summed E-state index contributed by atoms with van der Waals surface area (Å²) >= 11 is 6.29. The second-order valence-electron chi connectivity index (χ2n) is 8.80. The largest absolute Gasteiger partial charge is 0.356 e. The summed E-state index contributed by atoms with van der Waals surface area (Å²) in [6.07, 6.45) is 6.64. The van der Waals surface area contributed by atoms with Gasteiger partial charge in [0, 0.05) is 52.0 Å². The molecule has 3 rings (SSSR count). The van der Waals surface area contributed by atoms with Crippen LogP contribution in [0, 0.1) is 11.8 Å². The molecule has 1 aromatic rings. The van der Waals surface area contributed by atoms with Gasteiger partial charge in [0.1, 0.15) is 5.82 Å². The Morgan fingerprint density at radius 3 is 2.70 bits per heavy atom. The summed E-state index contributed by atoms with van der Waals surface area (Å²) in [5, 5.41) is 7.75. The fourth-order valence-corrected chi connectivity index (χ4v) is 4.95. The molecule has 3 heterocycles. The van der Waals surface area contributed by atoms with E-state index in [1.807, 2.05) is 19.2 Å². The highest BCUT2D eigenvalue weighted by atomic mass is 127. The fraction of sp³-hybridized carbons (Fsp3) is 0.727. The lowest BCUT2D eigenvalue weighted by Gasteiger charge is -2.34. The van der Waals surface area contributed by atoms with E-state index in [1.165, 1.54) is 38.9 Å². The zero-order valence-corrected chi connectivity index (χ0v) is 21.7. The third-order valence-electron chi connectivity index (χ3n) is 5.93. The standard InChI is InChI=1S/C22H37ClN6.HI/c1-17-13-18(2)15-28(14-17)11-5-4-9-26-22(24-3)27-19-8-12-29(16-19)21-20(23)7-6-10-25-21;/h6-7,10,17-19H,4-5,8-9,11-16H2,1-3H3,(H2,24,26,27);1H. The van der Waals surface area contributed by atoms with Crippen molar-refractivity contribution >= 4 is 47.4 Å². The second-order valence-corrected chi connectivity index (χ2v) is 9.20. The first kappa shape index (κ1) is 25.5. The Morgan fingerprint density at radius 2 is 2.00 bits per heavy atom. The van der Waals surface area contributed by atoms with Crippen molar-refractivity contribution in [3.05, 3.63) is 23.4 Å². The van der Waals surface area contributed by atoms with E-state index >= 15 is 0 Å². The number of piperidine rings is 1. The van der Waals surface area contributed by atoms with Crippen LogP contribution in [0.5, 0.6) is 0 Å². The van der Waals surface area contributed by atoms with Gasteiger partial charge in [-0.1, -0.05) is 25.4 Å². The molecular weight excluding hydrogens is 511 g/mol. The van der Waals surface area contributed by atoms with Gasteiger partial charge in [0.05, 0.1) is 5.02 Å². The van der Waals surface area contributed by atoms with Gasteiger partial charge in [0.25, 0.3) is 0 Å². The summed E-state index contributed by atoms with van der Waals surface area (Å²) in [5.41, 5.74) is 0. The molecule has 0 radical (unpaired) electrons. The van der Waals surface area contributed by atoms with Crippen molar-refractivity contribution in [2.24, 2.45) is 16.8 Å². The van der Waals surface area contributed by atoms with E-state index in [1.54, 1.807) is 6.20 Å². The quantitative estimate of drug-likeness (QED) is 0.235. The maximum absolute atomic E-state index is 6.29. The number of likely N-dealkylation sites (tertiary alicyclic amines) is 1. The molecule has 2 aliphatic heterocycles. The van der Waals surface area contributed by atoms with E-state index in [-0.39, 0.29) is 24.0 Å². The molecule has 3 atom stereocenters. The van der Waals surface area contributed by atoms with Gasteiger partial charge in [-0.25, -0.2) is 4.98 Å². The highest BCUT2D eigenvalue weighted by Crippen LogP contribution is 2.25. The second kappa shape index (κ2) is 12.9. The van der Waals surface area contributed by atoms with Crippen LogP contribution in [0.4, 0.5) is 5.82 Å². The topological polar surface area (TPSA) is 55.8 Å². The third-order valence-corrected chi connectivity index (χ3v) is 6.22. The molecule has 8 heteroatoms. The number of guanidine groups is 1. The van der Waals surface area contributed by atoms with Crippen LogP contribution < -0.4 is 15.5 Å². The van der Waals surface area contributed by atoms with Gasteiger partial charge >= 0.3 is 0 Å². The minimum Gasteiger partial charge on any atom is -0.356 e. The van der Waals surface area contributed by atoms with Crippen molar-refractivity contribution in [3.8, 4) is 0 Å². The van der Waals surface area contributed by atoms with Gasteiger partial charge in [0.2, 0.25) is 0 Å². The smallest absolute Gasteiger partial charge is 0.191 e. The summed E-state index contributed by atoms with van der Waals surface area (Å²) in [5.74, 6) is 3.45. The average Bonchev–Trinajstić information content (AvgIpc) is 3.14. The number of aliphatic imine (C=N–C) groups is 1. The molecule has 2 N–H and O–H groups in total. The van der Waals surface area contributed by atoms with Crippen LogP contribution in [-0.2, 0) is 0 Å². The Hall–Kier alpha value is -0.800. The Morgan fingerprint density at radius 1 is 1.23 bits per heavy atom. The van der Waals surface area contributed by atoms with E-state index in [0.717, 1.165) is 49.7 Å². The zero-order valence-electron chi connectivity index (χ0n) is 18.6. The Kier molecular flexibility index (Phi) is 11.0. The summed E-state index contributed by atoms with van der Waals surface area (Å²) in [7, 11) is 1.84. The molecule has 6 nitrogen and oxygen atoms in total. The van der Waals surface area contributed by atoms with Gasteiger partial charge < -0.3 is 20.4 Å². The van der Waals surface area contributed by atoms with Crippen LogP contribution in [0.1, 0.15) is 39.5 Å². The number of pyridine rings is 1. The van der Waals surface area contributed by atoms with E-state index in [2.05, 4.69) is 44.3 Å². The summed E-state index contributed by atoms with van der Waals surface area (Å²) < 4.78 is 0. The van der Waals surface area contributed by atoms with Crippen molar-refractivity contribution in [2.75, 3.05) is 51.2 Å². The Labute approximate surface area is 204 Å². The predicted octanol–water partition coefficient (Wildman–Crippen LogP) is 3.85. The predicted molar refractivity (Wildman–Crippen MR) is 138 cm³/mol. The van der Waals surface area contributed by atoms with Crippen molar-refractivity contribution in [1.82, 2.24) is 20.5 Å².